The number of nitrogens with zero attached hydrogens (tertiary/aromatic N) is 1. The Bertz CT molecular complexity index is 733. The van der Waals surface area contributed by atoms with Crippen molar-refractivity contribution < 1.29 is 17.9 Å². The molecule has 1 aromatic rings. The molecule has 1 aromatic carbocycles. The molecule has 0 saturated heterocycles. The van der Waals surface area contributed by atoms with E-state index in [1.54, 1.807) is 12.1 Å². The molecule has 0 aromatic heterocycles. The summed E-state index contributed by atoms with van der Waals surface area (Å²) < 4.78 is 31.3. The zero-order valence-corrected chi connectivity index (χ0v) is 18.3. The molecule has 0 heterocycles. The number of sulfonamides is 1. The van der Waals surface area contributed by atoms with Crippen molar-refractivity contribution in [2.45, 2.75) is 64.4 Å². The van der Waals surface area contributed by atoms with Crippen molar-refractivity contribution in [3.05, 3.63) is 29.8 Å². The van der Waals surface area contributed by atoms with Gasteiger partial charge in [0.05, 0.1) is 18.0 Å². The number of nitrogens with one attached hydrogen (secondary N) is 1. The maximum atomic E-state index is 12.3. The topological polar surface area (TPSA) is 75.7 Å². The van der Waals surface area contributed by atoms with Crippen LogP contribution in [0.3, 0.4) is 0 Å². The highest BCUT2D eigenvalue weighted by molar-refractivity contribution is 7.92. The smallest absolute Gasteiger partial charge is 0.240 e. The summed E-state index contributed by atoms with van der Waals surface area (Å²) in [4.78, 5) is 12.3. The molecule has 2 rings (SSSR count). The van der Waals surface area contributed by atoms with Crippen LogP contribution in [0.2, 0.25) is 0 Å². The zero-order valence-electron chi connectivity index (χ0n) is 17.5. The lowest BCUT2D eigenvalue weighted by Crippen LogP contribution is -2.40. The second-order valence-electron chi connectivity index (χ2n) is 8.55. The van der Waals surface area contributed by atoms with E-state index >= 15 is 0 Å². The van der Waals surface area contributed by atoms with Gasteiger partial charge in [-0.15, -0.1) is 0 Å². The molecule has 6 nitrogen and oxygen atoms in total. The lowest BCUT2D eigenvalue weighted by atomic mass is 9.87. The molecule has 0 unspecified atom stereocenters. The Morgan fingerprint density at radius 2 is 1.79 bits per heavy atom. The molecule has 0 radical (unpaired) electrons. The van der Waals surface area contributed by atoms with Crippen molar-refractivity contribution in [1.82, 2.24) is 5.32 Å². The number of amides is 1. The van der Waals surface area contributed by atoms with Crippen LogP contribution in [0.25, 0.3) is 0 Å². The molecular formula is C21H34N2O4S. The van der Waals surface area contributed by atoms with Crippen molar-refractivity contribution in [1.29, 1.82) is 0 Å². The number of hydrogen-bond donors (Lipinski definition) is 1. The SMILES string of the molecule is CC(C)(C)c1ccc(N(CC(=O)NCCCOC2CCCC2)S(C)(=O)=O)cc1. The fraction of sp³-hybridized carbons (Fsp3) is 0.667. The first-order chi connectivity index (χ1) is 13.1. The fourth-order valence-electron chi connectivity index (χ4n) is 3.32. The van der Waals surface area contributed by atoms with Crippen LogP contribution in [0, 0.1) is 0 Å². The Balaban J connectivity index is 1.86. The van der Waals surface area contributed by atoms with Crippen LogP contribution >= 0.6 is 0 Å². The van der Waals surface area contributed by atoms with Gasteiger partial charge in [0.25, 0.3) is 0 Å². The summed E-state index contributed by atoms with van der Waals surface area (Å²) in [6, 6.07) is 7.33. The maximum absolute atomic E-state index is 12.3. The minimum absolute atomic E-state index is 0.0214. The standard InChI is InChI=1S/C21H34N2O4S/c1-21(2,3)17-10-12-18(13-11-17)23(28(4,25)26)16-20(24)22-14-7-15-27-19-8-5-6-9-19/h10-13,19H,5-9,14-16H2,1-4H3,(H,22,24). The molecule has 158 valence electrons. The predicted octanol–water partition coefficient (Wildman–Crippen LogP) is 3.22. The first-order valence-corrected chi connectivity index (χ1v) is 11.9. The molecule has 1 N–H and O–H groups in total. The van der Waals surface area contributed by atoms with Gasteiger partial charge in [0, 0.05) is 13.2 Å². The first kappa shape index (κ1) is 22.7. The summed E-state index contributed by atoms with van der Waals surface area (Å²) in [5, 5.41) is 2.79. The average molecular weight is 411 g/mol. The number of carbonyl (C=O) groups is 1. The summed E-state index contributed by atoms with van der Waals surface area (Å²) in [6.07, 6.45) is 6.94. The third-order valence-corrected chi connectivity index (χ3v) is 6.15. The Morgan fingerprint density at radius 1 is 1.18 bits per heavy atom. The summed E-state index contributed by atoms with van der Waals surface area (Å²) in [6.45, 7) is 7.17. The van der Waals surface area contributed by atoms with E-state index in [0.717, 1.165) is 35.4 Å². The van der Waals surface area contributed by atoms with E-state index in [2.05, 4.69) is 26.1 Å². The minimum atomic E-state index is -3.56. The molecule has 28 heavy (non-hydrogen) atoms. The molecular weight excluding hydrogens is 376 g/mol. The van der Waals surface area contributed by atoms with E-state index < -0.39 is 10.0 Å². The monoisotopic (exact) mass is 410 g/mol. The van der Waals surface area contributed by atoms with Gasteiger partial charge in [-0.2, -0.15) is 0 Å². The van der Waals surface area contributed by atoms with E-state index in [4.69, 9.17) is 4.74 Å². The summed E-state index contributed by atoms with van der Waals surface area (Å²) in [7, 11) is -3.56. The zero-order chi connectivity index (χ0) is 20.8. The van der Waals surface area contributed by atoms with Crippen LogP contribution in [-0.4, -0.2) is 46.4 Å². The van der Waals surface area contributed by atoms with Gasteiger partial charge in [0.1, 0.15) is 6.54 Å². The first-order valence-electron chi connectivity index (χ1n) is 10.0. The van der Waals surface area contributed by atoms with Crippen LogP contribution in [0.1, 0.15) is 58.4 Å². The third-order valence-electron chi connectivity index (χ3n) is 5.01. The lowest BCUT2D eigenvalue weighted by Gasteiger charge is -2.24. The van der Waals surface area contributed by atoms with Gasteiger partial charge in [-0.25, -0.2) is 8.42 Å². The molecule has 0 atom stereocenters. The third kappa shape index (κ3) is 7.09. The van der Waals surface area contributed by atoms with Gasteiger partial charge in [-0.3, -0.25) is 9.10 Å². The number of hydrogen-bond acceptors (Lipinski definition) is 4. The predicted molar refractivity (Wildman–Crippen MR) is 113 cm³/mol. The van der Waals surface area contributed by atoms with Crippen LogP contribution in [0.5, 0.6) is 0 Å². The highest BCUT2D eigenvalue weighted by atomic mass is 32.2. The molecule has 0 spiro atoms. The van der Waals surface area contributed by atoms with Gasteiger partial charge in [-0.1, -0.05) is 45.7 Å². The van der Waals surface area contributed by atoms with E-state index in [0.29, 0.717) is 24.9 Å². The number of rotatable bonds is 9. The van der Waals surface area contributed by atoms with Crippen LogP contribution < -0.4 is 9.62 Å². The number of carbonyl (C=O) groups excluding carboxylic acids is 1. The molecule has 1 fully saturated rings. The van der Waals surface area contributed by atoms with Crippen molar-refractivity contribution in [2.75, 3.05) is 30.3 Å². The van der Waals surface area contributed by atoms with E-state index in [9.17, 15) is 13.2 Å². The molecule has 1 aliphatic carbocycles. The van der Waals surface area contributed by atoms with Crippen LogP contribution in [0.4, 0.5) is 5.69 Å². The quantitative estimate of drug-likeness (QED) is 0.634. The highest BCUT2D eigenvalue weighted by Crippen LogP contribution is 2.26. The van der Waals surface area contributed by atoms with Gasteiger partial charge in [0.2, 0.25) is 15.9 Å². The Kier molecular flexibility index (Phi) is 7.89. The van der Waals surface area contributed by atoms with E-state index in [1.165, 1.54) is 12.8 Å². The second kappa shape index (κ2) is 9.74. The normalized spacial score (nSPS) is 15.6. The molecule has 7 heteroatoms. The van der Waals surface area contributed by atoms with Crippen molar-refractivity contribution in [3.63, 3.8) is 0 Å². The second-order valence-corrected chi connectivity index (χ2v) is 10.5. The van der Waals surface area contributed by atoms with Crippen LogP contribution in [-0.2, 0) is 25.0 Å². The van der Waals surface area contributed by atoms with Gasteiger partial charge in [0.15, 0.2) is 0 Å². The Labute approximate surface area is 169 Å². The van der Waals surface area contributed by atoms with Crippen molar-refractivity contribution >= 4 is 21.6 Å². The molecule has 1 amide bonds. The number of benzene rings is 1. The largest absolute Gasteiger partial charge is 0.378 e. The minimum Gasteiger partial charge on any atom is -0.378 e. The van der Waals surface area contributed by atoms with Gasteiger partial charge in [-0.05, 0) is 42.4 Å². The summed E-state index contributed by atoms with van der Waals surface area (Å²) >= 11 is 0. The Hall–Kier alpha value is -1.60. The lowest BCUT2D eigenvalue weighted by molar-refractivity contribution is -0.119. The fourth-order valence-corrected chi connectivity index (χ4v) is 4.18. The Morgan fingerprint density at radius 3 is 2.32 bits per heavy atom. The summed E-state index contributed by atoms with van der Waals surface area (Å²) in [5.41, 5.74) is 1.58. The molecule has 0 aliphatic heterocycles. The van der Waals surface area contributed by atoms with Gasteiger partial charge >= 0.3 is 0 Å². The summed E-state index contributed by atoms with van der Waals surface area (Å²) in [5.74, 6) is -0.314. The van der Waals surface area contributed by atoms with Crippen molar-refractivity contribution in [2.24, 2.45) is 0 Å². The van der Waals surface area contributed by atoms with Crippen LogP contribution in [0.15, 0.2) is 24.3 Å². The molecule has 0 bridgehead atoms. The molecule has 1 saturated carbocycles. The van der Waals surface area contributed by atoms with Gasteiger partial charge < -0.3 is 10.1 Å². The average Bonchev–Trinajstić information content (AvgIpc) is 3.11. The number of ether oxygens (including phenoxy) is 1. The number of anilines is 1. The van der Waals surface area contributed by atoms with E-state index in [-0.39, 0.29) is 17.9 Å². The molecule has 1 aliphatic rings. The maximum Gasteiger partial charge on any atom is 0.240 e. The van der Waals surface area contributed by atoms with Crippen molar-refractivity contribution in [3.8, 4) is 0 Å². The van der Waals surface area contributed by atoms with E-state index in [1.807, 2.05) is 12.1 Å². The highest BCUT2D eigenvalue weighted by Gasteiger charge is 2.22.